The molecule has 9 heteroatoms. The number of rotatable bonds is 4. The van der Waals surface area contributed by atoms with Gasteiger partial charge < -0.3 is 15.5 Å². The van der Waals surface area contributed by atoms with Crippen molar-refractivity contribution in [1.82, 2.24) is 10.2 Å². The van der Waals surface area contributed by atoms with Gasteiger partial charge in [0.1, 0.15) is 5.54 Å². The SMILES string of the molecule is O=C1[C@H]2[C@@H](C(=O)N1Cc1ccccc1Cl)[C@@]1(N[C@@H]2Cc2ccc(O)c(O)c2)C(=O)Nc2ccccc21. The van der Waals surface area contributed by atoms with Crippen molar-refractivity contribution in [3.05, 3.63) is 88.4 Å². The van der Waals surface area contributed by atoms with Crippen molar-refractivity contribution < 1.29 is 24.6 Å². The van der Waals surface area contributed by atoms with Crippen LogP contribution >= 0.6 is 11.6 Å². The van der Waals surface area contributed by atoms with Gasteiger partial charge in [0, 0.05) is 22.3 Å². The van der Waals surface area contributed by atoms with Crippen LogP contribution in [0.3, 0.4) is 0 Å². The molecule has 3 aliphatic rings. The molecule has 8 nitrogen and oxygen atoms in total. The molecular formula is C27H22ClN3O5. The average Bonchev–Trinajstić information content (AvgIpc) is 3.43. The molecule has 3 heterocycles. The second kappa shape index (κ2) is 8.08. The topological polar surface area (TPSA) is 119 Å². The molecule has 0 saturated carbocycles. The zero-order chi connectivity index (χ0) is 25.2. The number of hydrogen-bond donors (Lipinski definition) is 4. The summed E-state index contributed by atoms with van der Waals surface area (Å²) in [4.78, 5) is 42.4. The number of imide groups is 1. The quantitative estimate of drug-likeness (QED) is 0.321. The smallest absolute Gasteiger partial charge is 0.250 e. The summed E-state index contributed by atoms with van der Waals surface area (Å²) in [5.74, 6) is -3.49. The highest BCUT2D eigenvalue weighted by atomic mass is 35.5. The van der Waals surface area contributed by atoms with Gasteiger partial charge in [-0.15, -0.1) is 0 Å². The molecule has 4 N–H and O–H groups in total. The number of carbonyl (C=O) groups is 3. The van der Waals surface area contributed by atoms with E-state index < -0.39 is 29.3 Å². The molecule has 0 bridgehead atoms. The van der Waals surface area contributed by atoms with Crippen LogP contribution < -0.4 is 10.6 Å². The fraction of sp³-hybridized carbons (Fsp3) is 0.222. The van der Waals surface area contributed by atoms with Crippen molar-refractivity contribution in [2.75, 3.05) is 5.32 Å². The van der Waals surface area contributed by atoms with Crippen molar-refractivity contribution >= 4 is 35.0 Å². The Kier molecular flexibility index (Phi) is 5.07. The van der Waals surface area contributed by atoms with Gasteiger partial charge in [0.15, 0.2) is 11.5 Å². The number of nitrogens with one attached hydrogen (secondary N) is 2. The molecule has 3 aliphatic heterocycles. The maximum atomic E-state index is 13.9. The average molecular weight is 504 g/mol. The number of benzene rings is 3. The standard InChI is InChI=1S/C27H22ClN3O5/c28-17-7-3-1-5-15(17)13-31-24(34)22-19(11-14-9-10-20(32)21(33)12-14)30-27(23(22)25(31)35)16-6-2-4-8-18(16)29-26(27)36/h1-10,12,19,22-23,30,32-33H,11,13H2,(H,29,36)/t19-,22-,23+,27-/m1/s1. The molecule has 4 atom stereocenters. The van der Waals surface area contributed by atoms with Crippen molar-refractivity contribution in [2.45, 2.75) is 24.5 Å². The normalized spacial score (nSPS) is 26.4. The molecule has 36 heavy (non-hydrogen) atoms. The van der Waals surface area contributed by atoms with Gasteiger partial charge in [0.05, 0.1) is 18.4 Å². The predicted molar refractivity (Wildman–Crippen MR) is 131 cm³/mol. The summed E-state index contributed by atoms with van der Waals surface area (Å²) < 4.78 is 0. The minimum Gasteiger partial charge on any atom is -0.504 e. The number of likely N-dealkylation sites (tertiary alicyclic amines) is 1. The molecule has 0 radical (unpaired) electrons. The van der Waals surface area contributed by atoms with E-state index in [9.17, 15) is 24.6 Å². The van der Waals surface area contributed by atoms with Gasteiger partial charge in [-0.3, -0.25) is 24.6 Å². The molecule has 2 saturated heterocycles. The summed E-state index contributed by atoms with van der Waals surface area (Å²) in [5.41, 5.74) is 1.10. The first-order valence-electron chi connectivity index (χ1n) is 11.6. The number of halogens is 1. The Balaban J connectivity index is 1.44. The van der Waals surface area contributed by atoms with Gasteiger partial charge in [-0.25, -0.2) is 0 Å². The predicted octanol–water partition coefficient (Wildman–Crippen LogP) is 2.91. The van der Waals surface area contributed by atoms with E-state index in [0.717, 1.165) is 0 Å². The van der Waals surface area contributed by atoms with E-state index in [0.29, 0.717) is 27.4 Å². The summed E-state index contributed by atoms with van der Waals surface area (Å²) in [6.45, 7) is 0.0103. The monoisotopic (exact) mass is 503 g/mol. The molecule has 2 fully saturated rings. The first-order valence-corrected chi connectivity index (χ1v) is 12.0. The van der Waals surface area contributed by atoms with Gasteiger partial charge in [-0.2, -0.15) is 0 Å². The Labute approximate surface area is 211 Å². The third kappa shape index (κ3) is 3.14. The summed E-state index contributed by atoms with van der Waals surface area (Å²) in [6.07, 6.45) is 0.255. The number of anilines is 1. The number of nitrogens with zero attached hydrogens (tertiary/aromatic N) is 1. The highest BCUT2D eigenvalue weighted by molar-refractivity contribution is 6.31. The van der Waals surface area contributed by atoms with Crippen LogP contribution in [0.25, 0.3) is 0 Å². The summed E-state index contributed by atoms with van der Waals surface area (Å²) >= 11 is 6.32. The molecule has 1 spiro atoms. The lowest BCUT2D eigenvalue weighted by atomic mass is 9.76. The number of phenols is 2. The maximum Gasteiger partial charge on any atom is 0.250 e. The van der Waals surface area contributed by atoms with Gasteiger partial charge in [0.2, 0.25) is 17.7 Å². The van der Waals surface area contributed by atoms with E-state index >= 15 is 0 Å². The molecule has 0 unspecified atom stereocenters. The van der Waals surface area contributed by atoms with E-state index in [2.05, 4.69) is 10.6 Å². The van der Waals surface area contributed by atoms with Crippen molar-refractivity contribution in [2.24, 2.45) is 11.8 Å². The van der Waals surface area contributed by atoms with Crippen LogP contribution in [-0.2, 0) is 32.9 Å². The molecule has 6 rings (SSSR count). The van der Waals surface area contributed by atoms with Crippen LogP contribution in [0.1, 0.15) is 16.7 Å². The Hall–Kier alpha value is -3.88. The fourth-order valence-electron chi connectivity index (χ4n) is 5.90. The van der Waals surface area contributed by atoms with Crippen LogP contribution in [0.2, 0.25) is 5.02 Å². The Morgan fingerprint density at radius 1 is 0.917 bits per heavy atom. The second-order valence-corrected chi connectivity index (χ2v) is 9.85. The van der Waals surface area contributed by atoms with Gasteiger partial charge in [-0.1, -0.05) is 54.1 Å². The van der Waals surface area contributed by atoms with Gasteiger partial charge >= 0.3 is 0 Å². The fourth-order valence-corrected chi connectivity index (χ4v) is 6.09. The largest absolute Gasteiger partial charge is 0.504 e. The number of hydrogen-bond acceptors (Lipinski definition) is 6. The zero-order valence-corrected chi connectivity index (χ0v) is 19.7. The maximum absolute atomic E-state index is 13.9. The highest BCUT2D eigenvalue weighted by Gasteiger charge is 2.70. The molecule has 0 aromatic heterocycles. The number of carbonyl (C=O) groups excluding carboxylic acids is 3. The van der Waals surface area contributed by atoms with Gasteiger partial charge in [0.25, 0.3) is 0 Å². The molecule has 182 valence electrons. The first-order chi connectivity index (χ1) is 17.3. The molecular weight excluding hydrogens is 482 g/mol. The van der Waals surface area contributed by atoms with Gasteiger partial charge in [-0.05, 0) is 41.8 Å². The van der Waals surface area contributed by atoms with Crippen molar-refractivity contribution in [3.8, 4) is 11.5 Å². The first kappa shape index (κ1) is 22.6. The highest BCUT2D eigenvalue weighted by Crippen LogP contribution is 2.53. The molecule has 3 aromatic carbocycles. The number of amides is 3. The van der Waals surface area contributed by atoms with Crippen LogP contribution in [0.15, 0.2) is 66.7 Å². The number of fused-ring (bicyclic) bond motifs is 4. The minimum atomic E-state index is -1.41. The lowest BCUT2D eigenvalue weighted by Crippen LogP contribution is -2.53. The third-order valence-electron chi connectivity index (χ3n) is 7.50. The summed E-state index contributed by atoms with van der Waals surface area (Å²) in [7, 11) is 0. The van der Waals surface area contributed by atoms with Crippen LogP contribution in [0.4, 0.5) is 5.69 Å². The van der Waals surface area contributed by atoms with Crippen molar-refractivity contribution in [3.63, 3.8) is 0 Å². The van der Waals surface area contributed by atoms with E-state index in [1.807, 2.05) is 0 Å². The lowest BCUT2D eigenvalue weighted by molar-refractivity contribution is -0.143. The lowest BCUT2D eigenvalue weighted by Gasteiger charge is -2.29. The van der Waals surface area contributed by atoms with E-state index in [1.54, 1.807) is 54.6 Å². The second-order valence-electron chi connectivity index (χ2n) is 9.44. The third-order valence-corrected chi connectivity index (χ3v) is 7.86. The minimum absolute atomic E-state index is 0.0103. The van der Waals surface area contributed by atoms with Crippen molar-refractivity contribution in [1.29, 1.82) is 0 Å². The zero-order valence-electron chi connectivity index (χ0n) is 18.9. The summed E-state index contributed by atoms with van der Waals surface area (Å²) in [5, 5.41) is 26.4. The number of para-hydroxylation sites is 1. The Morgan fingerprint density at radius 2 is 1.67 bits per heavy atom. The number of phenolic OH excluding ortho intramolecular Hbond substituents is 2. The number of aromatic hydroxyl groups is 2. The van der Waals surface area contributed by atoms with E-state index in [4.69, 9.17) is 11.6 Å². The van der Waals surface area contributed by atoms with Crippen LogP contribution in [0.5, 0.6) is 11.5 Å². The molecule has 3 aromatic rings. The van der Waals surface area contributed by atoms with E-state index in [-0.39, 0.29) is 36.3 Å². The van der Waals surface area contributed by atoms with E-state index in [1.165, 1.54) is 17.0 Å². The van der Waals surface area contributed by atoms with Crippen LogP contribution in [0, 0.1) is 11.8 Å². The molecule has 0 aliphatic carbocycles. The Morgan fingerprint density at radius 3 is 2.44 bits per heavy atom. The molecule has 3 amide bonds. The summed E-state index contributed by atoms with van der Waals surface area (Å²) in [6, 6.07) is 18.0. The Bertz CT molecular complexity index is 1440. The van der Waals surface area contributed by atoms with Crippen LogP contribution in [-0.4, -0.2) is 38.9 Å².